The van der Waals surface area contributed by atoms with Gasteiger partial charge in [0, 0.05) is 48.7 Å². The largest absolute Gasteiger partial charge is 0.493 e. The molecule has 0 radical (unpaired) electrons. The second-order valence-corrected chi connectivity index (χ2v) is 11.8. The topological polar surface area (TPSA) is 55.9 Å². The predicted octanol–water partition coefficient (Wildman–Crippen LogP) is 9.68. The highest BCUT2D eigenvalue weighted by molar-refractivity contribution is 5.88. The maximum absolute atomic E-state index is 6.29. The summed E-state index contributed by atoms with van der Waals surface area (Å²) in [6.07, 6.45) is 4.07. The molecule has 43 heavy (non-hydrogen) atoms. The number of anilines is 2. The van der Waals surface area contributed by atoms with Crippen molar-refractivity contribution in [3.63, 3.8) is 0 Å². The Morgan fingerprint density at radius 3 is 2.14 bits per heavy atom. The van der Waals surface area contributed by atoms with Gasteiger partial charge in [-0.3, -0.25) is 4.98 Å². The summed E-state index contributed by atoms with van der Waals surface area (Å²) in [6.45, 7) is 17.2. The molecule has 0 amide bonds. The number of piperidine rings is 1. The van der Waals surface area contributed by atoms with Crippen molar-refractivity contribution in [1.29, 1.82) is 0 Å². The highest BCUT2D eigenvalue weighted by atomic mass is 16.5. The molecular weight excluding hydrogens is 534 g/mol. The molecule has 1 saturated heterocycles. The molecule has 1 fully saturated rings. The maximum Gasteiger partial charge on any atom is 0.163 e. The van der Waals surface area contributed by atoms with E-state index in [0.717, 1.165) is 58.6 Å². The van der Waals surface area contributed by atoms with Crippen LogP contribution in [0.2, 0.25) is 0 Å². The van der Waals surface area contributed by atoms with Crippen molar-refractivity contribution in [3.8, 4) is 23.0 Å². The fourth-order valence-corrected chi connectivity index (χ4v) is 5.79. The van der Waals surface area contributed by atoms with E-state index in [-0.39, 0.29) is 0 Å². The molecule has 1 aliphatic heterocycles. The molecule has 1 N–H and O–H groups in total. The van der Waals surface area contributed by atoms with Crippen molar-refractivity contribution < 1.29 is 14.2 Å². The summed E-state index contributed by atoms with van der Waals surface area (Å²) in [5, 5.41) is 4.33. The average molecular weight is 584 g/mol. The number of pyridine rings is 1. The van der Waals surface area contributed by atoms with Crippen LogP contribution in [0.5, 0.6) is 23.0 Å². The van der Waals surface area contributed by atoms with Crippen molar-refractivity contribution in [3.05, 3.63) is 78.5 Å². The Labute approximate surface area is 258 Å². The van der Waals surface area contributed by atoms with E-state index in [1.807, 2.05) is 56.3 Å². The Hall–Kier alpha value is -3.77. The fraction of sp³-hybridized carbons (Fsp3) is 0.432. The first-order valence-corrected chi connectivity index (χ1v) is 15.8. The molecule has 6 heteroatoms. The summed E-state index contributed by atoms with van der Waals surface area (Å²) in [5.41, 5.74) is 4.20. The smallest absolute Gasteiger partial charge is 0.163 e. The van der Waals surface area contributed by atoms with Gasteiger partial charge in [0.05, 0.1) is 19.2 Å². The van der Waals surface area contributed by atoms with Crippen LogP contribution in [0.3, 0.4) is 0 Å². The molecule has 230 valence electrons. The zero-order chi connectivity index (χ0) is 30.8. The lowest BCUT2D eigenvalue weighted by atomic mass is 9.92. The number of nitrogens with one attached hydrogen (secondary N) is 1. The second-order valence-electron chi connectivity index (χ2n) is 11.8. The number of benzene rings is 3. The van der Waals surface area contributed by atoms with Crippen LogP contribution in [0.4, 0.5) is 11.4 Å². The molecule has 2 unspecified atom stereocenters. The molecular formula is C37H49N3O3. The molecule has 0 saturated carbocycles. The zero-order valence-corrected chi connectivity index (χ0v) is 27.0. The lowest BCUT2D eigenvalue weighted by Crippen LogP contribution is -2.39. The quantitative estimate of drug-likeness (QED) is 0.177. The highest BCUT2D eigenvalue weighted by Gasteiger charge is 2.21. The van der Waals surface area contributed by atoms with Gasteiger partial charge in [0.2, 0.25) is 0 Å². The molecule has 1 aliphatic rings. The van der Waals surface area contributed by atoms with E-state index in [1.165, 1.54) is 25.1 Å². The molecule has 0 aliphatic carbocycles. The molecule has 3 aromatic carbocycles. The van der Waals surface area contributed by atoms with Gasteiger partial charge in [0.15, 0.2) is 11.5 Å². The monoisotopic (exact) mass is 583 g/mol. The third kappa shape index (κ3) is 8.87. The van der Waals surface area contributed by atoms with Gasteiger partial charge in [0.25, 0.3) is 0 Å². The van der Waals surface area contributed by atoms with E-state index in [9.17, 15) is 0 Å². The maximum atomic E-state index is 6.29. The summed E-state index contributed by atoms with van der Waals surface area (Å²) in [4.78, 5) is 7.15. The van der Waals surface area contributed by atoms with Gasteiger partial charge in [-0.2, -0.15) is 0 Å². The van der Waals surface area contributed by atoms with Gasteiger partial charge >= 0.3 is 0 Å². The lowest BCUT2D eigenvalue weighted by molar-refractivity contribution is 0.132. The fourth-order valence-electron chi connectivity index (χ4n) is 5.79. The Morgan fingerprint density at radius 2 is 1.51 bits per heavy atom. The number of hydrogen-bond acceptors (Lipinski definition) is 6. The van der Waals surface area contributed by atoms with E-state index >= 15 is 0 Å². The summed E-state index contributed by atoms with van der Waals surface area (Å²) >= 11 is 0. The molecule has 2 atom stereocenters. The molecule has 0 bridgehead atoms. The van der Waals surface area contributed by atoms with Crippen LogP contribution in [0.25, 0.3) is 10.9 Å². The van der Waals surface area contributed by atoms with Gasteiger partial charge in [-0.05, 0) is 84.7 Å². The van der Waals surface area contributed by atoms with Crippen LogP contribution in [0.1, 0.15) is 65.9 Å². The summed E-state index contributed by atoms with van der Waals surface area (Å²) in [7, 11) is 1.67. The third-order valence-corrected chi connectivity index (χ3v) is 7.76. The SMILES string of the molecule is CC.COc1cc2c(Oc3ccc(Nc4ccc(C(C)C)cc4)cc3)ccnc2cc1OCCCN1CC(C)CC(C)C1. The molecule has 5 rings (SSSR count). The number of hydrogen-bond donors (Lipinski definition) is 1. The molecule has 0 spiro atoms. The molecule has 6 nitrogen and oxygen atoms in total. The van der Waals surface area contributed by atoms with Crippen molar-refractivity contribution in [2.75, 3.05) is 38.7 Å². The van der Waals surface area contributed by atoms with Crippen LogP contribution < -0.4 is 19.5 Å². The van der Waals surface area contributed by atoms with Gasteiger partial charge < -0.3 is 24.4 Å². The third-order valence-electron chi connectivity index (χ3n) is 7.76. The average Bonchev–Trinajstić information content (AvgIpc) is 3.01. The Kier molecular flexibility index (Phi) is 11.7. The highest BCUT2D eigenvalue weighted by Crippen LogP contribution is 2.37. The number of fused-ring (bicyclic) bond motifs is 1. The van der Waals surface area contributed by atoms with Crippen LogP contribution in [0.15, 0.2) is 72.9 Å². The standard InChI is InChI=1S/C35H43N3O3.C2H6/c1-24(2)27-7-9-28(10-8-27)37-29-11-13-30(14-12-29)41-33-15-16-36-32-21-35(34(39-5)20-31(32)33)40-18-6-17-38-22-25(3)19-26(4)23-38;1-2/h7-16,20-21,24-26,37H,6,17-19,22-23H2,1-5H3;1-2H3. The van der Waals surface area contributed by atoms with Gasteiger partial charge in [-0.25, -0.2) is 0 Å². The van der Waals surface area contributed by atoms with Gasteiger partial charge in [-0.15, -0.1) is 0 Å². The van der Waals surface area contributed by atoms with Crippen LogP contribution in [0, 0.1) is 11.8 Å². The number of methoxy groups -OCH3 is 1. The molecule has 2 heterocycles. The van der Waals surface area contributed by atoms with E-state index in [1.54, 1.807) is 13.3 Å². The minimum Gasteiger partial charge on any atom is -0.493 e. The van der Waals surface area contributed by atoms with Crippen molar-refractivity contribution in [2.45, 2.75) is 60.3 Å². The van der Waals surface area contributed by atoms with Crippen molar-refractivity contribution in [2.24, 2.45) is 11.8 Å². The predicted molar refractivity (Wildman–Crippen MR) is 179 cm³/mol. The number of likely N-dealkylation sites (tertiary alicyclic amines) is 1. The summed E-state index contributed by atoms with van der Waals surface area (Å²) < 4.78 is 18.2. The van der Waals surface area contributed by atoms with E-state index in [0.29, 0.717) is 24.0 Å². The van der Waals surface area contributed by atoms with Crippen molar-refractivity contribution >= 4 is 22.3 Å². The lowest BCUT2D eigenvalue weighted by Gasteiger charge is -2.34. The Morgan fingerprint density at radius 1 is 0.860 bits per heavy atom. The first-order valence-electron chi connectivity index (χ1n) is 15.8. The Balaban J connectivity index is 0.00000207. The van der Waals surface area contributed by atoms with E-state index in [4.69, 9.17) is 14.2 Å². The molecule has 4 aromatic rings. The minimum atomic E-state index is 0.520. The second kappa shape index (κ2) is 15.6. The van der Waals surface area contributed by atoms with Crippen LogP contribution in [-0.2, 0) is 0 Å². The van der Waals surface area contributed by atoms with E-state index in [2.05, 4.69) is 67.2 Å². The zero-order valence-electron chi connectivity index (χ0n) is 27.0. The van der Waals surface area contributed by atoms with Gasteiger partial charge in [0.1, 0.15) is 11.5 Å². The van der Waals surface area contributed by atoms with Gasteiger partial charge in [-0.1, -0.05) is 53.7 Å². The minimum absolute atomic E-state index is 0.520. The number of aromatic nitrogens is 1. The normalized spacial score (nSPS) is 16.8. The Bertz CT molecular complexity index is 1410. The van der Waals surface area contributed by atoms with E-state index < -0.39 is 0 Å². The number of nitrogens with zero attached hydrogens (tertiary/aromatic N) is 2. The van der Waals surface area contributed by atoms with Crippen LogP contribution in [-0.4, -0.2) is 43.2 Å². The number of rotatable bonds is 11. The van der Waals surface area contributed by atoms with Crippen LogP contribution >= 0.6 is 0 Å². The summed E-state index contributed by atoms with van der Waals surface area (Å²) in [6, 6.07) is 22.3. The first kappa shape index (κ1) is 32.2. The molecule has 1 aromatic heterocycles. The first-order chi connectivity index (χ1) is 20.9. The summed E-state index contributed by atoms with van der Waals surface area (Å²) in [5.74, 6) is 4.92. The van der Waals surface area contributed by atoms with Crippen molar-refractivity contribution in [1.82, 2.24) is 9.88 Å². The number of ether oxygens (including phenoxy) is 3.